The topological polar surface area (TPSA) is 58.6 Å². The van der Waals surface area contributed by atoms with E-state index in [-0.39, 0.29) is 0 Å². The summed E-state index contributed by atoms with van der Waals surface area (Å²) in [6.45, 7) is 1.70. The second-order valence-corrected chi connectivity index (χ2v) is 2.27. The number of hydrogen-bond donors (Lipinski definition) is 2. The van der Waals surface area contributed by atoms with Gasteiger partial charge in [0.1, 0.15) is 0 Å². The van der Waals surface area contributed by atoms with Crippen LogP contribution in [0.3, 0.4) is 0 Å². The zero-order valence-electron chi connectivity index (χ0n) is 6.28. The molecule has 0 saturated heterocycles. The van der Waals surface area contributed by atoms with Gasteiger partial charge in [-0.05, 0) is 13.0 Å². The average molecular weight is 150 g/mol. The molecule has 0 bridgehead atoms. The van der Waals surface area contributed by atoms with Crippen molar-refractivity contribution in [3.8, 4) is 0 Å². The van der Waals surface area contributed by atoms with Crippen molar-refractivity contribution >= 4 is 11.4 Å². The molecule has 1 rings (SSSR count). The van der Waals surface area contributed by atoms with Crippen LogP contribution < -0.4 is 5.73 Å². The van der Waals surface area contributed by atoms with Gasteiger partial charge in [0.15, 0.2) is 0 Å². The van der Waals surface area contributed by atoms with E-state index >= 15 is 0 Å². The summed E-state index contributed by atoms with van der Waals surface area (Å²) in [5.41, 5.74) is 7.54. The molecule has 11 heavy (non-hydrogen) atoms. The Labute approximate surface area is 65.1 Å². The smallest absolute Gasteiger partial charge is 0.0857 e. The lowest BCUT2D eigenvalue weighted by molar-refractivity contribution is 0.319. The summed E-state index contributed by atoms with van der Waals surface area (Å²) in [6.07, 6.45) is 0. The van der Waals surface area contributed by atoms with Crippen molar-refractivity contribution in [1.82, 2.24) is 0 Å². The van der Waals surface area contributed by atoms with Crippen LogP contribution in [0.25, 0.3) is 0 Å². The molecule has 58 valence electrons. The molecule has 0 aliphatic heterocycles. The summed E-state index contributed by atoms with van der Waals surface area (Å²) in [5, 5.41) is 11.5. The summed E-state index contributed by atoms with van der Waals surface area (Å²) in [4.78, 5) is 0. The first-order chi connectivity index (χ1) is 5.25. The Hall–Kier alpha value is -1.51. The number of anilines is 1. The number of nitrogens with two attached hydrogens (primary N) is 1. The van der Waals surface area contributed by atoms with Gasteiger partial charge in [-0.1, -0.05) is 23.4 Å². The van der Waals surface area contributed by atoms with Crippen molar-refractivity contribution in [2.75, 3.05) is 5.73 Å². The summed E-state index contributed by atoms with van der Waals surface area (Å²) in [6, 6.07) is 7.26. The normalized spacial score (nSPS) is 11.5. The second kappa shape index (κ2) is 3.05. The Morgan fingerprint density at radius 1 is 1.45 bits per heavy atom. The predicted octanol–water partition coefficient (Wildman–Crippen LogP) is 1.47. The molecule has 0 heterocycles. The van der Waals surface area contributed by atoms with Crippen molar-refractivity contribution in [1.29, 1.82) is 0 Å². The van der Waals surface area contributed by atoms with Crippen molar-refractivity contribution in [2.24, 2.45) is 5.16 Å². The third kappa shape index (κ3) is 1.49. The standard InChI is InChI=1S/C8H10N2O/c1-6(10-11)7-4-2-3-5-8(7)9/h2-5,11H,9H2,1H3/b10-6-. The first kappa shape index (κ1) is 7.60. The monoisotopic (exact) mass is 150 g/mol. The van der Waals surface area contributed by atoms with Crippen molar-refractivity contribution in [3.05, 3.63) is 29.8 Å². The minimum Gasteiger partial charge on any atom is -0.411 e. The molecular formula is C8H10N2O. The fourth-order valence-corrected chi connectivity index (χ4v) is 0.880. The Bertz CT molecular complexity index is 281. The van der Waals surface area contributed by atoms with E-state index < -0.39 is 0 Å². The van der Waals surface area contributed by atoms with E-state index in [1.165, 1.54) is 0 Å². The van der Waals surface area contributed by atoms with Crippen molar-refractivity contribution < 1.29 is 5.21 Å². The highest BCUT2D eigenvalue weighted by Gasteiger charge is 1.99. The van der Waals surface area contributed by atoms with Crippen LogP contribution in [0.5, 0.6) is 0 Å². The van der Waals surface area contributed by atoms with Gasteiger partial charge in [-0.25, -0.2) is 0 Å². The minimum absolute atomic E-state index is 0.531. The van der Waals surface area contributed by atoms with Crippen molar-refractivity contribution in [2.45, 2.75) is 6.92 Å². The van der Waals surface area contributed by atoms with Crippen LogP contribution >= 0.6 is 0 Å². The highest BCUT2D eigenvalue weighted by molar-refractivity contribution is 6.02. The van der Waals surface area contributed by atoms with Crippen LogP contribution in [-0.2, 0) is 0 Å². The summed E-state index contributed by atoms with van der Waals surface area (Å²) in [7, 11) is 0. The van der Waals surface area contributed by atoms with Crippen LogP contribution in [0.4, 0.5) is 5.69 Å². The van der Waals surface area contributed by atoms with Crippen LogP contribution in [0, 0.1) is 0 Å². The van der Waals surface area contributed by atoms with E-state index in [0.29, 0.717) is 11.4 Å². The maximum Gasteiger partial charge on any atom is 0.0857 e. The average Bonchev–Trinajstić information content (AvgIpc) is 2.04. The molecule has 0 atom stereocenters. The van der Waals surface area contributed by atoms with E-state index in [1.807, 2.05) is 18.2 Å². The zero-order chi connectivity index (χ0) is 8.27. The highest BCUT2D eigenvalue weighted by Crippen LogP contribution is 2.10. The number of rotatable bonds is 1. The van der Waals surface area contributed by atoms with Crippen LogP contribution in [-0.4, -0.2) is 10.9 Å². The molecule has 0 fully saturated rings. The Morgan fingerprint density at radius 2 is 2.09 bits per heavy atom. The second-order valence-electron chi connectivity index (χ2n) is 2.27. The number of oxime groups is 1. The Balaban J connectivity index is 3.14. The van der Waals surface area contributed by atoms with Gasteiger partial charge in [-0.15, -0.1) is 0 Å². The van der Waals surface area contributed by atoms with Gasteiger partial charge >= 0.3 is 0 Å². The van der Waals surface area contributed by atoms with Crippen LogP contribution in [0.2, 0.25) is 0 Å². The lowest BCUT2D eigenvalue weighted by Gasteiger charge is -2.01. The maximum absolute atomic E-state index is 8.45. The van der Waals surface area contributed by atoms with Crippen molar-refractivity contribution in [3.63, 3.8) is 0 Å². The molecule has 0 amide bonds. The molecule has 0 aromatic heterocycles. The van der Waals surface area contributed by atoms with E-state index in [4.69, 9.17) is 10.9 Å². The predicted molar refractivity (Wildman–Crippen MR) is 44.9 cm³/mol. The molecule has 3 N–H and O–H groups in total. The zero-order valence-corrected chi connectivity index (χ0v) is 6.28. The van der Waals surface area contributed by atoms with Gasteiger partial charge in [0.25, 0.3) is 0 Å². The molecule has 1 aromatic carbocycles. The van der Waals surface area contributed by atoms with E-state index in [1.54, 1.807) is 13.0 Å². The minimum atomic E-state index is 0.531. The third-order valence-corrected chi connectivity index (χ3v) is 1.50. The SMILES string of the molecule is C/C(=N/O)c1ccccc1N. The third-order valence-electron chi connectivity index (χ3n) is 1.50. The maximum atomic E-state index is 8.45. The fourth-order valence-electron chi connectivity index (χ4n) is 0.880. The lowest BCUT2D eigenvalue weighted by atomic mass is 10.1. The quantitative estimate of drug-likeness (QED) is 0.275. The first-order valence-corrected chi connectivity index (χ1v) is 3.29. The molecule has 0 aliphatic carbocycles. The number of benzene rings is 1. The van der Waals surface area contributed by atoms with E-state index in [0.717, 1.165) is 5.56 Å². The Morgan fingerprint density at radius 3 is 2.64 bits per heavy atom. The number of para-hydroxylation sites is 1. The highest BCUT2D eigenvalue weighted by atomic mass is 16.4. The summed E-state index contributed by atoms with van der Waals surface area (Å²) in [5.74, 6) is 0. The first-order valence-electron chi connectivity index (χ1n) is 3.29. The van der Waals surface area contributed by atoms with Crippen LogP contribution in [0.15, 0.2) is 29.4 Å². The number of hydrogen-bond acceptors (Lipinski definition) is 3. The van der Waals surface area contributed by atoms with Gasteiger partial charge in [0, 0.05) is 11.3 Å². The molecule has 0 aliphatic rings. The van der Waals surface area contributed by atoms with Gasteiger partial charge in [-0.2, -0.15) is 0 Å². The molecule has 0 unspecified atom stereocenters. The van der Waals surface area contributed by atoms with Crippen LogP contribution in [0.1, 0.15) is 12.5 Å². The molecular weight excluding hydrogens is 140 g/mol. The molecule has 0 radical (unpaired) electrons. The summed E-state index contributed by atoms with van der Waals surface area (Å²) < 4.78 is 0. The van der Waals surface area contributed by atoms with Gasteiger partial charge in [0.05, 0.1) is 5.71 Å². The largest absolute Gasteiger partial charge is 0.411 e. The molecule has 3 nitrogen and oxygen atoms in total. The number of nitrogens with zero attached hydrogens (tertiary/aromatic N) is 1. The molecule has 0 spiro atoms. The summed E-state index contributed by atoms with van der Waals surface area (Å²) >= 11 is 0. The van der Waals surface area contributed by atoms with E-state index in [9.17, 15) is 0 Å². The fraction of sp³-hybridized carbons (Fsp3) is 0.125. The number of nitrogen functional groups attached to an aromatic ring is 1. The molecule has 0 saturated carbocycles. The van der Waals surface area contributed by atoms with E-state index in [2.05, 4.69) is 5.16 Å². The molecule has 3 heteroatoms. The van der Waals surface area contributed by atoms with Gasteiger partial charge < -0.3 is 10.9 Å². The molecule has 1 aromatic rings. The Kier molecular flexibility index (Phi) is 2.11. The lowest BCUT2D eigenvalue weighted by Crippen LogP contribution is -1.99. The van der Waals surface area contributed by atoms with Gasteiger partial charge in [-0.3, -0.25) is 0 Å². The van der Waals surface area contributed by atoms with Gasteiger partial charge in [0.2, 0.25) is 0 Å².